The van der Waals surface area contributed by atoms with Gasteiger partial charge < -0.3 is 10.2 Å². The summed E-state index contributed by atoms with van der Waals surface area (Å²) < 4.78 is 0. The minimum atomic E-state index is 0.0134. The molecule has 0 aliphatic heterocycles. The highest BCUT2D eigenvalue weighted by Crippen LogP contribution is 2.37. The monoisotopic (exact) mass is 366 g/mol. The van der Waals surface area contributed by atoms with E-state index in [1.54, 1.807) is 25.3 Å². The molecule has 0 saturated heterocycles. The van der Waals surface area contributed by atoms with Gasteiger partial charge in [0.15, 0.2) is 0 Å². The summed E-state index contributed by atoms with van der Waals surface area (Å²) in [4.78, 5) is 24.6. The van der Waals surface area contributed by atoms with Crippen molar-refractivity contribution in [3.63, 3.8) is 0 Å². The number of aryl methyl sites for hydroxylation is 2. The fourth-order valence-corrected chi connectivity index (χ4v) is 4.83. The van der Waals surface area contributed by atoms with Gasteiger partial charge in [-0.15, -0.1) is 11.3 Å². The molecule has 1 unspecified atom stereocenters. The first kappa shape index (κ1) is 17.0. The van der Waals surface area contributed by atoms with E-state index in [-0.39, 0.29) is 11.9 Å². The van der Waals surface area contributed by atoms with Crippen LogP contribution in [0.2, 0.25) is 0 Å². The van der Waals surface area contributed by atoms with Gasteiger partial charge in [0.05, 0.1) is 16.3 Å². The fraction of sp³-hybridized carbons (Fsp3) is 0.350. The van der Waals surface area contributed by atoms with Crippen molar-refractivity contribution < 1.29 is 4.79 Å². The highest BCUT2D eigenvalue weighted by atomic mass is 32.1. The van der Waals surface area contributed by atoms with Gasteiger partial charge in [-0.25, -0.2) is 9.97 Å². The highest BCUT2D eigenvalue weighted by molar-refractivity contribution is 7.20. The molecule has 134 valence electrons. The van der Waals surface area contributed by atoms with Crippen LogP contribution >= 0.6 is 11.3 Å². The van der Waals surface area contributed by atoms with E-state index in [1.807, 2.05) is 6.92 Å². The minimum Gasteiger partial charge on any atom is -0.363 e. The molecule has 6 heteroatoms. The van der Waals surface area contributed by atoms with Crippen molar-refractivity contribution in [3.05, 3.63) is 52.2 Å². The molecule has 1 aliphatic carbocycles. The molecule has 3 aromatic rings. The third-order valence-corrected chi connectivity index (χ3v) is 6.20. The lowest BCUT2D eigenvalue weighted by molar-refractivity contribution is 0.0831. The summed E-state index contributed by atoms with van der Waals surface area (Å²) in [5.41, 5.74) is 3.71. The number of hydrogen-bond donors (Lipinski definition) is 1. The number of thiophene rings is 1. The number of carbonyl (C=O) groups excluding carboxylic acids is 1. The van der Waals surface area contributed by atoms with Crippen molar-refractivity contribution in [1.29, 1.82) is 0 Å². The first-order valence-electron chi connectivity index (χ1n) is 8.86. The molecule has 1 atom stereocenters. The number of nitrogens with zero attached hydrogens (tertiary/aromatic N) is 3. The summed E-state index contributed by atoms with van der Waals surface area (Å²) >= 11 is 1.44. The van der Waals surface area contributed by atoms with Crippen LogP contribution in [0.3, 0.4) is 0 Å². The van der Waals surface area contributed by atoms with Crippen LogP contribution in [-0.4, -0.2) is 34.9 Å². The maximum atomic E-state index is 12.5. The van der Waals surface area contributed by atoms with Crippen LogP contribution in [-0.2, 0) is 6.42 Å². The lowest BCUT2D eigenvalue weighted by Gasteiger charge is -2.27. The second kappa shape index (κ2) is 6.68. The molecule has 0 radical (unpaired) electrons. The van der Waals surface area contributed by atoms with Gasteiger partial charge in [-0.1, -0.05) is 24.3 Å². The topological polar surface area (TPSA) is 58.1 Å². The lowest BCUT2D eigenvalue weighted by atomic mass is 9.87. The number of rotatable bonds is 3. The molecule has 1 aliphatic rings. The van der Waals surface area contributed by atoms with Gasteiger partial charge in [0.25, 0.3) is 5.91 Å². The number of hydrogen-bond acceptors (Lipinski definition) is 5. The van der Waals surface area contributed by atoms with Gasteiger partial charge in [0, 0.05) is 14.1 Å². The molecule has 1 amide bonds. The first-order valence-corrected chi connectivity index (χ1v) is 9.68. The van der Waals surface area contributed by atoms with E-state index in [0.29, 0.717) is 0 Å². The molecule has 26 heavy (non-hydrogen) atoms. The summed E-state index contributed by atoms with van der Waals surface area (Å²) in [7, 11) is 3.55. The third kappa shape index (κ3) is 2.84. The molecule has 0 spiro atoms. The molecule has 0 fully saturated rings. The molecule has 5 nitrogen and oxygen atoms in total. The quantitative estimate of drug-likeness (QED) is 0.755. The van der Waals surface area contributed by atoms with Crippen molar-refractivity contribution in [2.45, 2.75) is 32.2 Å². The van der Waals surface area contributed by atoms with Crippen molar-refractivity contribution in [3.8, 4) is 0 Å². The Morgan fingerprint density at radius 1 is 1.27 bits per heavy atom. The fourth-order valence-electron chi connectivity index (χ4n) is 3.66. The maximum Gasteiger partial charge on any atom is 0.263 e. The van der Waals surface area contributed by atoms with Crippen LogP contribution in [0.15, 0.2) is 30.6 Å². The minimum absolute atomic E-state index is 0.0134. The Morgan fingerprint density at radius 2 is 2.08 bits per heavy atom. The van der Waals surface area contributed by atoms with Gasteiger partial charge in [-0.3, -0.25) is 4.79 Å². The van der Waals surface area contributed by atoms with Gasteiger partial charge >= 0.3 is 0 Å². The zero-order valence-electron chi connectivity index (χ0n) is 15.2. The summed E-state index contributed by atoms with van der Waals surface area (Å²) in [5, 5.41) is 4.60. The van der Waals surface area contributed by atoms with E-state index < -0.39 is 0 Å². The van der Waals surface area contributed by atoms with Crippen LogP contribution in [0, 0.1) is 6.92 Å². The average Bonchev–Trinajstić information content (AvgIpc) is 2.99. The normalized spacial score (nSPS) is 16.3. The van der Waals surface area contributed by atoms with Crippen LogP contribution in [0.1, 0.15) is 45.2 Å². The first-order chi connectivity index (χ1) is 12.6. The summed E-state index contributed by atoms with van der Waals surface area (Å²) in [6, 6.07) is 8.85. The molecule has 1 aromatic carbocycles. The largest absolute Gasteiger partial charge is 0.363 e. The number of benzene rings is 1. The Bertz CT molecular complexity index is 979. The molecule has 4 rings (SSSR count). The van der Waals surface area contributed by atoms with Gasteiger partial charge in [-0.05, 0) is 42.9 Å². The Labute approximate surface area is 157 Å². The van der Waals surface area contributed by atoms with E-state index in [2.05, 4.69) is 39.6 Å². The maximum absolute atomic E-state index is 12.5. The van der Waals surface area contributed by atoms with Crippen LogP contribution < -0.4 is 5.32 Å². The molecule has 2 heterocycles. The second-order valence-electron chi connectivity index (χ2n) is 6.95. The van der Waals surface area contributed by atoms with E-state index in [1.165, 1.54) is 22.5 Å². The zero-order chi connectivity index (χ0) is 18.3. The number of fused-ring (bicyclic) bond motifs is 2. The van der Waals surface area contributed by atoms with Gasteiger partial charge in [-0.2, -0.15) is 0 Å². The van der Waals surface area contributed by atoms with Gasteiger partial charge in [0.2, 0.25) is 0 Å². The van der Waals surface area contributed by atoms with Crippen LogP contribution in [0.25, 0.3) is 10.2 Å². The Kier molecular flexibility index (Phi) is 4.36. The summed E-state index contributed by atoms with van der Waals surface area (Å²) in [6.45, 7) is 1.99. The average molecular weight is 366 g/mol. The molecule has 0 bridgehead atoms. The predicted molar refractivity (Wildman–Crippen MR) is 106 cm³/mol. The third-order valence-electron chi connectivity index (χ3n) is 5.01. The molecule has 0 saturated carbocycles. The van der Waals surface area contributed by atoms with Crippen molar-refractivity contribution >= 4 is 33.3 Å². The van der Waals surface area contributed by atoms with E-state index in [0.717, 1.165) is 45.7 Å². The molecular formula is C20H22N4OS. The zero-order valence-corrected chi connectivity index (χ0v) is 16.1. The van der Waals surface area contributed by atoms with Crippen LogP contribution in [0.4, 0.5) is 5.82 Å². The van der Waals surface area contributed by atoms with Crippen LogP contribution in [0.5, 0.6) is 0 Å². The molecule has 2 aromatic heterocycles. The SMILES string of the molecule is Cc1c(C(=O)N(C)C)sc2ncnc(NC3CCCc4ccccc43)c12. The lowest BCUT2D eigenvalue weighted by Crippen LogP contribution is -2.21. The molecule has 1 N–H and O–H groups in total. The second-order valence-corrected chi connectivity index (χ2v) is 7.95. The number of amides is 1. The Morgan fingerprint density at radius 3 is 2.88 bits per heavy atom. The van der Waals surface area contributed by atoms with E-state index >= 15 is 0 Å². The number of anilines is 1. The van der Waals surface area contributed by atoms with Crippen molar-refractivity contribution in [2.75, 3.05) is 19.4 Å². The summed E-state index contributed by atoms with van der Waals surface area (Å²) in [5.74, 6) is 0.836. The van der Waals surface area contributed by atoms with Crippen molar-refractivity contribution in [2.24, 2.45) is 0 Å². The standard InChI is InChI=1S/C20H22N4OS/c1-12-16-18(21-11-22-19(16)26-17(12)20(25)24(2)3)23-15-10-6-8-13-7-4-5-9-14(13)15/h4-5,7,9,11,15H,6,8,10H2,1-3H3,(H,21,22,23). The Balaban J connectivity index is 1.75. The Hall–Kier alpha value is -2.47. The highest BCUT2D eigenvalue weighted by Gasteiger charge is 2.24. The molecular weight excluding hydrogens is 344 g/mol. The smallest absolute Gasteiger partial charge is 0.263 e. The van der Waals surface area contributed by atoms with E-state index in [4.69, 9.17) is 0 Å². The predicted octanol–water partition coefficient (Wildman–Crippen LogP) is 4.19. The number of nitrogens with one attached hydrogen (secondary N) is 1. The van der Waals surface area contributed by atoms with E-state index in [9.17, 15) is 4.79 Å². The summed E-state index contributed by atoms with van der Waals surface area (Å²) in [6.07, 6.45) is 4.96. The van der Waals surface area contributed by atoms with Gasteiger partial charge in [0.1, 0.15) is 17.0 Å². The van der Waals surface area contributed by atoms with Crippen molar-refractivity contribution in [1.82, 2.24) is 14.9 Å². The number of aromatic nitrogens is 2. The number of carbonyl (C=O) groups is 1.